The Morgan fingerprint density at radius 1 is 1.25 bits per heavy atom. The van der Waals surface area contributed by atoms with Gasteiger partial charge in [-0.25, -0.2) is 13.9 Å². The number of benzene rings is 1. The van der Waals surface area contributed by atoms with Gasteiger partial charge in [-0.2, -0.15) is 5.10 Å². The number of hydrogen-bond donors (Lipinski definition) is 1. The van der Waals surface area contributed by atoms with Crippen LogP contribution >= 0.6 is 0 Å². The summed E-state index contributed by atoms with van der Waals surface area (Å²) in [5.41, 5.74) is 2.22. The number of aromatic nitrogens is 3. The highest BCUT2D eigenvalue weighted by atomic mass is 19.1. The second-order valence-corrected chi connectivity index (χ2v) is 4.34. The fraction of sp³-hybridized carbons (Fsp3) is 0.0714. The number of anilines is 1. The van der Waals surface area contributed by atoms with Gasteiger partial charge in [-0.15, -0.1) is 0 Å². The minimum atomic E-state index is -0.349. The number of nitrogens with zero attached hydrogens (tertiary/aromatic N) is 3. The zero-order valence-electron chi connectivity index (χ0n) is 10.7. The van der Waals surface area contributed by atoms with E-state index in [0.717, 1.165) is 5.69 Å². The Balaban J connectivity index is 1.90. The molecule has 0 radical (unpaired) electrons. The van der Waals surface area contributed by atoms with Gasteiger partial charge in [0.25, 0.3) is 5.91 Å². The summed E-state index contributed by atoms with van der Waals surface area (Å²) >= 11 is 0. The number of amides is 1. The number of rotatable bonds is 2. The van der Waals surface area contributed by atoms with E-state index < -0.39 is 0 Å². The predicted molar refractivity (Wildman–Crippen MR) is 72.1 cm³/mol. The van der Waals surface area contributed by atoms with Crippen LogP contribution in [0.25, 0.3) is 5.65 Å². The van der Waals surface area contributed by atoms with Gasteiger partial charge in [-0.05, 0) is 37.3 Å². The van der Waals surface area contributed by atoms with E-state index in [2.05, 4.69) is 15.4 Å². The predicted octanol–water partition coefficient (Wildman–Crippen LogP) is 2.43. The van der Waals surface area contributed by atoms with Crippen LogP contribution in [-0.4, -0.2) is 20.5 Å². The van der Waals surface area contributed by atoms with E-state index in [1.54, 1.807) is 22.8 Å². The van der Waals surface area contributed by atoms with Crippen molar-refractivity contribution in [1.29, 1.82) is 0 Å². The highest BCUT2D eigenvalue weighted by molar-refractivity contribution is 6.03. The molecule has 2 heterocycles. The van der Waals surface area contributed by atoms with Crippen LogP contribution in [0.5, 0.6) is 0 Å². The van der Waals surface area contributed by atoms with Crippen molar-refractivity contribution in [2.75, 3.05) is 5.32 Å². The molecule has 0 saturated heterocycles. The Bertz CT molecular complexity index is 779. The molecule has 0 aliphatic rings. The summed E-state index contributed by atoms with van der Waals surface area (Å²) in [4.78, 5) is 16.3. The van der Waals surface area contributed by atoms with E-state index in [1.807, 2.05) is 6.92 Å². The average Bonchev–Trinajstić information content (AvgIpc) is 2.90. The first-order valence-corrected chi connectivity index (χ1v) is 6.02. The average molecular weight is 270 g/mol. The molecule has 1 amide bonds. The molecule has 3 rings (SSSR count). The molecule has 0 aliphatic heterocycles. The molecule has 1 N–H and O–H groups in total. The van der Waals surface area contributed by atoms with Crippen LogP contribution < -0.4 is 5.32 Å². The second-order valence-electron chi connectivity index (χ2n) is 4.34. The van der Waals surface area contributed by atoms with Crippen LogP contribution in [0.15, 0.2) is 42.6 Å². The largest absolute Gasteiger partial charge is 0.321 e. The monoisotopic (exact) mass is 270 g/mol. The zero-order valence-corrected chi connectivity index (χ0v) is 10.7. The van der Waals surface area contributed by atoms with Gasteiger partial charge in [-0.1, -0.05) is 0 Å². The summed E-state index contributed by atoms with van der Waals surface area (Å²) in [5, 5.41) is 6.76. The Kier molecular flexibility index (Phi) is 2.90. The first kappa shape index (κ1) is 12.3. The Hall–Kier alpha value is -2.76. The lowest BCUT2D eigenvalue weighted by Crippen LogP contribution is -2.15. The maximum atomic E-state index is 12.8. The van der Waals surface area contributed by atoms with Gasteiger partial charge in [0.2, 0.25) is 0 Å². The lowest BCUT2D eigenvalue weighted by molar-refractivity contribution is 0.102. The SMILES string of the molecule is Cc1cc(C(=O)Nc2ccc(F)cc2)nc2ccnn12. The maximum absolute atomic E-state index is 12.8. The van der Waals surface area contributed by atoms with Crippen molar-refractivity contribution in [3.05, 3.63) is 59.8 Å². The zero-order chi connectivity index (χ0) is 14.1. The molecule has 0 bridgehead atoms. The summed E-state index contributed by atoms with van der Waals surface area (Å²) < 4.78 is 14.5. The molecule has 5 nitrogen and oxygen atoms in total. The van der Waals surface area contributed by atoms with Gasteiger partial charge >= 0.3 is 0 Å². The summed E-state index contributed by atoms with van der Waals surface area (Å²) in [6.45, 7) is 1.84. The van der Waals surface area contributed by atoms with Gasteiger partial charge in [0.15, 0.2) is 5.65 Å². The van der Waals surface area contributed by atoms with Crippen LogP contribution in [0.4, 0.5) is 10.1 Å². The van der Waals surface area contributed by atoms with Crippen LogP contribution in [-0.2, 0) is 0 Å². The first-order chi connectivity index (χ1) is 9.63. The fourth-order valence-corrected chi connectivity index (χ4v) is 1.91. The highest BCUT2D eigenvalue weighted by Gasteiger charge is 2.11. The van der Waals surface area contributed by atoms with Crippen molar-refractivity contribution < 1.29 is 9.18 Å². The quantitative estimate of drug-likeness (QED) is 0.778. The molecule has 0 spiro atoms. The highest BCUT2D eigenvalue weighted by Crippen LogP contribution is 2.11. The van der Waals surface area contributed by atoms with Crippen molar-refractivity contribution in [3.63, 3.8) is 0 Å². The number of hydrogen-bond acceptors (Lipinski definition) is 3. The minimum Gasteiger partial charge on any atom is -0.321 e. The number of fused-ring (bicyclic) bond motifs is 1. The van der Waals surface area contributed by atoms with Gasteiger partial charge in [0.05, 0.1) is 6.20 Å². The van der Waals surface area contributed by atoms with Crippen LogP contribution in [0.2, 0.25) is 0 Å². The van der Waals surface area contributed by atoms with Gasteiger partial charge in [0, 0.05) is 17.4 Å². The topological polar surface area (TPSA) is 59.3 Å². The van der Waals surface area contributed by atoms with Gasteiger partial charge < -0.3 is 5.32 Å². The molecular formula is C14H11FN4O. The molecule has 100 valence electrons. The Morgan fingerprint density at radius 2 is 2.00 bits per heavy atom. The molecule has 1 aromatic carbocycles. The normalized spacial score (nSPS) is 10.7. The Labute approximate surface area is 114 Å². The molecule has 6 heteroatoms. The standard InChI is InChI=1S/C14H11FN4O/c1-9-8-12(18-13-6-7-16-19(9)13)14(20)17-11-4-2-10(15)3-5-11/h2-8H,1H3,(H,17,20). The van der Waals surface area contributed by atoms with Crippen molar-refractivity contribution in [3.8, 4) is 0 Å². The first-order valence-electron chi connectivity index (χ1n) is 6.02. The third kappa shape index (κ3) is 2.23. The minimum absolute atomic E-state index is 0.292. The van der Waals surface area contributed by atoms with E-state index in [1.165, 1.54) is 24.3 Å². The molecule has 0 fully saturated rings. The molecule has 3 aromatic rings. The van der Waals surface area contributed by atoms with E-state index in [0.29, 0.717) is 17.0 Å². The summed E-state index contributed by atoms with van der Waals surface area (Å²) in [6, 6.07) is 8.94. The van der Waals surface area contributed by atoms with Gasteiger partial charge in [-0.3, -0.25) is 4.79 Å². The second kappa shape index (κ2) is 4.73. The molecule has 0 aliphatic carbocycles. The molecule has 0 atom stereocenters. The lowest BCUT2D eigenvalue weighted by atomic mass is 10.2. The summed E-state index contributed by atoms with van der Waals surface area (Å²) in [5.74, 6) is -0.693. The number of nitrogens with one attached hydrogen (secondary N) is 1. The Morgan fingerprint density at radius 3 is 2.75 bits per heavy atom. The number of carbonyl (C=O) groups is 1. The molecule has 2 aromatic heterocycles. The van der Waals surface area contributed by atoms with Crippen molar-refractivity contribution in [2.24, 2.45) is 0 Å². The van der Waals surface area contributed by atoms with Crippen LogP contribution in [0.3, 0.4) is 0 Å². The number of carbonyl (C=O) groups excluding carboxylic acids is 1. The molecule has 0 saturated carbocycles. The van der Waals surface area contributed by atoms with Crippen molar-refractivity contribution >= 4 is 17.2 Å². The van der Waals surface area contributed by atoms with E-state index in [4.69, 9.17) is 0 Å². The number of aryl methyl sites for hydroxylation is 1. The van der Waals surface area contributed by atoms with Crippen LogP contribution in [0, 0.1) is 12.7 Å². The smallest absolute Gasteiger partial charge is 0.274 e. The maximum Gasteiger partial charge on any atom is 0.274 e. The van der Waals surface area contributed by atoms with Crippen LogP contribution in [0.1, 0.15) is 16.2 Å². The number of halogens is 1. The fourth-order valence-electron chi connectivity index (χ4n) is 1.91. The summed E-state index contributed by atoms with van der Waals surface area (Å²) in [7, 11) is 0. The third-order valence-corrected chi connectivity index (χ3v) is 2.87. The third-order valence-electron chi connectivity index (χ3n) is 2.87. The molecule has 0 unspecified atom stereocenters. The van der Waals surface area contributed by atoms with E-state index >= 15 is 0 Å². The summed E-state index contributed by atoms with van der Waals surface area (Å²) in [6.07, 6.45) is 1.62. The van der Waals surface area contributed by atoms with Gasteiger partial charge in [0.1, 0.15) is 11.5 Å². The van der Waals surface area contributed by atoms with Crippen molar-refractivity contribution in [1.82, 2.24) is 14.6 Å². The van der Waals surface area contributed by atoms with E-state index in [-0.39, 0.29) is 11.7 Å². The van der Waals surface area contributed by atoms with E-state index in [9.17, 15) is 9.18 Å². The lowest BCUT2D eigenvalue weighted by Gasteiger charge is -2.06. The molecular weight excluding hydrogens is 259 g/mol. The molecule has 20 heavy (non-hydrogen) atoms. The van der Waals surface area contributed by atoms with Crippen molar-refractivity contribution in [2.45, 2.75) is 6.92 Å².